The molecule has 1 aliphatic carbocycles. The van der Waals surface area contributed by atoms with E-state index >= 15 is 0 Å². The van der Waals surface area contributed by atoms with Crippen LogP contribution in [-0.4, -0.2) is 98.3 Å². The van der Waals surface area contributed by atoms with E-state index in [0.29, 0.717) is 50.6 Å². The van der Waals surface area contributed by atoms with Gasteiger partial charge in [-0.2, -0.15) is 0 Å². The van der Waals surface area contributed by atoms with E-state index in [4.69, 9.17) is 15.2 Å². The lowest BCUT2D eigenvalue weighted by Gasteiger charge is -2.28. The number of allylic oxidation sites excluding steroid dienone is 2. The molecule has 0 radical (unpaired) electrons. The van der Waals surface area contributed by atoms with Crippen LogP contribution in [0.2, 0.25) is 0 Å². The van der Waals surface area contributed by atoms with Crippen molar-refractivity contribution in [2.45, 2.75) is 129 Å². The zero-order valence-corrected chi connectivity index (χ0v) is 37.0. The Kier molecular flexibility index (Phi) is 17.2. The minimum atomic E-state index is -3.40. The fourth-order valence-electron chi connectivity index (χ4n) is 6.77. The minimum absolute atomic E-state index is 0. The summed E-state index contributed by atoms with van der Waals surface area (Å²) in [5.74, 6) is 1.10. The summed E-state index contributed by atoms with van der Waals surface area (Å²) in [6.45, 7) is 17.2. The van der Waals surface area contributed by atoms with Crippen molar-refractivity contribution in [3.8, 4) is 11.6 Å². The zero-order valence-electron chi connectivity index (χ0n) is 36.1. The number of fused-ring (bicyclic) bond motifs is 3. The van der Waals surface area contributed by atoms with E-state index in [0.717, 1.165) is 48.0 Å². The third kappa shape index (κ3) is 13.8. The maximum atomic E-state index is 13.2. The predicted octanol–water partition coefficient (Wildman–Crippen LogP) is 6.40. The Balaban J connectivity index is 0. The number of rotatable bonds is 13. The van der Waals surface area contributed by atoms with Crippen LogP contribution in [0.3, 0.4) is 0 Å². The largest absolute Gasteiger partial charge is 0.489 e. The van der Waals surface area contributed by atoms with Gasteiger partial charge in [0.05, 0.1) is 23.5 Å². The highest BCUT2D eigenvalue weighted by Gasteiger charge is 2.50. The van der Waals surface area contributed by atoms with Crippen LogP contribution in [0.4, 0.5) is 10.5 Å². The van der Waals surface area contributed by atoms with Gasteiger partial charge in [-0.3, -0.25) is 19.1 Å². The number of anilines is 1. The fourth-order valence-corrected chi connectivity index (χ4v) is 8.10. The van der Waals surface area contributed by atoms with Crippen molar-refractivity contribution in [1.82, 2.24) is 25.2 Å². The molecule has 5 amide bonds. The lowest BCUT2D eigenvalue weighted by molar-refractivity contribution is -0.138. The number of hydrogen-bond donors (Lipinski definition) is 4. The average Bonchev–Trinajstić information content (AvgIpc) is 3.77. The highest BCUT2D eigenvalue weighted by atomic mass is 32.2. The van der Waals surface area contributed by atoms with Crippen LogP contribution in [0, 0.1) is 11.8 Å². The van der Waals surface area contributed by atoms with Gasteiger partial charge in [0.25, 0.3) is 0 Å². The van der Waals surface area contributed by atoms with Crippen LogP contribution in [-0.2, 0) is 24.4 Å². The molecule has 0 spiro atoms. The summed E-state index contributed by atoms with van der Waals surface area (Å²) < 4.78 is 36.3. The smallest absolute Gasteiger partial charge is 0.314 e. The quantitative estimate of drug-likeness (QED) is 0.164. The Hall–Kier alpha value is -4.60. The van der Waals surface area contributed by atoms with Gasteiger partial charge in [-0.25, -0.2) is 18.2 Å². The minimum Gasteiger partial charge on any atom is -0.489 e. The van der Waals surface area contributed by atoms with Crippen molar-refractivity contribution in [3.05, 3.63) is 36.5 Å². The first-order valence-corrected chi connectivity index (χ1v) is 21.8. The van der Waals surface area contributed by atoms with Crippen LogP contribution in [0.5, 0.6) is 11.6 Å². The van der Waals surface area contributed by atoms with Gasteiger partial charge < -0.3 is 35.6 Å². The van der Waals surface area contributed by atoms with E-state index in [9.17, 15) is 27.6 Å². The fraction of sp³-hybridized carbons (Fsp3) is 0.643. The molecule has 16 heteroatoms. The molecule has 5 N–H and O–H groups in total. The van der Waals surface area contributed by atoms with Crippen LogP contribution in [0.25, 0.3) is 10.8 Å². The van der Waals surface area contributed by atoms with Gasteiger partial charge >= 0.3 is 6.03 Å². The van der Waals surface area contributed by atoms with E-state index in [2.05, 4.69) is 46.5 Å². The highest BCUT2D eigenvalue weighted by molar-refractivity contribution is 7.91. The first-order valence-electron chi connectivity index (χ1n) is 20.3. The molecule has 1 aromatic heterocycles. The maximum Gasteiger partial charge on any atom is 0.314 e. The molecule has 332 valence electrons. The third-order valence-electron chi connectivity index (χ3n) is 10.4. The van der Waals surface area contributed by atoms with Gasteiger partial charge in [-0.05, 0) is 96.8 Å². The summed E-state index contributed by atoms with van der Waals surface area (Å²) in [5.41, 5.74) is 6.61. The molecule has 2 aromatic rings. The van der Waals surface area contributed by atoms with Gasteiger partial charge in [-0.1, -0.05) is 32.9 Å². The molecular weight excluding hydrogens is 763 g/mol. The molecule has 2 fully saturated rings. The summed E-state index contributed by atoms with van der Waals surface area (Å²) >= 11 is 0. The lowest BCUT2D eigenvalue weighted by atomic mass is 9.91. The van der Waals surface area contributed by atoms with Gasteiger partial charge in [0.15, 0.2) is 5.75 Å². The van der Waals surface area contributed by atoms with Crippen molar-refractivity contribution in [1.29, 1.82) is 0 Å². The van der Waals surface area contributed by atoms with Gasteiger partial charge in [0, 0.05) is 61.6 Å². The second-order valence-corrected chi connectivity index (χ2v) is 19.1. The predicted molar refractivity (Wildman–Crippen MR) is 237 cm³/mol. The SMILES string of the molecule is C/C=C\CC[C@@H](C)C[C@@H](C)CC(=O)N1C[C@H](Oc2nccc3c4c(ccc23)N(C)CCO4)C[C@H]1C(N)=O.CCC(=O)NS(=O)(=O)C1(C)CC1.CNC(=O)NC(C)(C)C.[HH].[HH].[HH].[HH]. The summed E-state index contributed by atoms with van der Waals surface area (Å²) in [4.78, 5) is 55.2. The molecule has 2 aliphatic heterocycles. The number of benzene rings is 1. The zero-order chi connectivity index (χ0) is 43.4. The van der Waals surface area contributed by atoms with E-state index in [1.807, 2.05) is 57.7 Å². The lowest BCUT2D eigenvalue weighted by Crippen LogP contribution is -2.45. The number of likely N-dealkylation sites (tertiary alicyclic amines) is 1. The number of ether oxygens (including phenoxy) is 2. The standard InChI is InChI=1S/C29H40N4O4.C7H13NO3S.C6H14N2O.4H2/c1-5-6-7-8-19(2)15-20(3)16-26(34)33-18-21(17-25(33)28(30)35)37-29-23-9-10-24-27(22(23)11-12-31-29)36-14-13-32(24)4;1-3-6(9)8-12(10,11)7(2)4-5-7;1-6(2,3)8-5(9)7-4;;;;/h5-6,9-12,19-21,25H,7-8,13-18H2,1-4H3,(H2,30,35);3-5H2,1-2H3,(H,8,9);1-4H3,(H2,7,8,9);4*1H/b6-5-;;;;;;/t19-,20-,21-,25+;;;;;;/m1....../s1. The molecule has 3 heterocycles. The van der Waals surface area contributed by atoms with Crippen LogP contribution >= 0.6 is 0 Å². The molecule has 0 unspecified atom stereocenters. The molecule has 1 saturated heterocycles. The number of amides is 5. The summed E-state index contributed by atoms with van der Waals surface area (Å²) in [6, 6.07) is 5.13. The van der Waals surface area contributed by atoms with Crippen LogP contribution in [0.1, 0.15) is 112 Å². The number of nitrogens with one attached hydrogen (secondary N) is 3. The van der Waals surface area contributed by atoms with E-state index in [-0.39, 0.29) is 41.6 Å². The number of carbonyl (C=O) groups is 4. The number of likely N-dealkylation sites (N-methyl/N-ethyl adjacent to an activating group) is 1. The normalized spacial score (nSPS) is 19.3. The van der Waals surface area contributed by atoms with Crippen molar-refractivity contribution in [3.63, 3.8) is 0 Å². The molecule has 5 rings (SSSR count). The van der Waals surface area contributed by atoms with Crippen LogP contribution in [0.15, 0.2) is 36.5 Å². The number of sulfonamides is 1. The number of nitrogens with zero attached hydrogens (tertiary/aromatic N) is 3. The van der Waals surface area contributed by atoms with E-state index < -0.39 is 32.6 Å². The molecule has 4 atom stereocenters. The Labute approximate surface area is 351 Å². The van der Waals surface area contributed by atoms with Gasteiger partial charge in [0.1, 0.15) is 18.8 Å². The molecule has 1 aromatic carbocycles. The van der Waals surface area contributed by atoms with Gasteiger partial charge in [-0.15, -0.1) is 0 Å². The second kappa shape index (κ2) is 20.9. The van der Waals surface area contributed by atoms with Crippen molar-refractivity contribution >= 4 is 50.2 Å². The molecule has 3 aliphatic rings. The second-order valence-electron chi connectivity index (χ2n) is 16.9. The Morgan fingerprint density at radius 1 is 1.14 bits per heavy atom. The van der Waals surface area contributed by atoms with Crippen molar-refractivity contribution in [2.24, 2.45) is 17.6 Å². The van der Waals surface area contributed by atoms with Crippen molar-refractivity contribution < 1.29 is 42.8 Å². The maximum absolute atomic E-state index is 13.2. The van der Waals surface area contributed by atoms with Crippen LogP contribution < -0.4 is 35.5 Å². The highest BCUT2D eigenvalue weighted by Crippen LogP contribution is 2.42. The Morgan fingerprint density at radius 2 is 1.83 bits per heavy atom. The summed E-state index contributed by atoms with van der Waals surface area (Å²) in [6.07, 6.45) is 11.0. The average molecular weight is 838 g/mol. The molecular formula is C42H75N7O8S. The third-order valence-corrected chi connectivity index (χ3v) is 12.6. The first kappa shape index (κ1) is 47.8. The number of urea groups is 1. The summed E-state index contributed by atoms with van der Waals surface area (Å²) in [7, 11) is 0.248. The number of primary amides is 1. The van der Waals surface area contributed by atoms with E-state index in [1.165, 1.54) is 0 Å². The number of aromatic nitrogens is 1. The first-order chi connectivity index (χ1) is 27.1. The van der Waals surface area contributed by atoms with Crippen molar-refractivity contribution in [2.75, 3.05) is 38.7 Å². The number of hydrogen-bond acceptors (Lipinski definition) is 10. The monoisotopic (exact) mass is 838 g/mol. The topological polar surface area (TPSA) is 202 Å². The number of pyridine rings is 1. The Morgan fingerprint density at radius 3 is 2.40 bits per heavy atom. The van der Waals surface area contributed by atoms with E-state index in [1.54, 1.807) is 32.0 Å². The molecule has 58 heavy (non-hydrogen) atoms. The number of carbonyl (C=O) groups excluding carboxylic acids is 4. The summed E-state index contributed by atoms with van der Waals surface area (Å²) in [5, 5.41) is 6.97. The van der Waals surface area contributed by atoms with Gasteiger partial charge in [0.2, 0.25) is 33.6 Å². The number of nitrogens with two attached hydrogens (primary N) is 1. The molecule has 0 bridgehead atoms. The Bertz CT molecular complexity index is 1900. The molecule has 15 nitrogen and oxygen atoms in total. The molecule has 1 saturated carbocycles.